The molecule has 0 radical (unpaired) electrons. The third-order valence-electron chi connectivity index (χ3n) is 6.41. The zero-order valence-electron chi connectivity index (χ0n) is 18.4. The van der Waals surface area contributed by atoms with E-state index in [2.05, 4.69) is 16.8 Å². The summed E-state index contributed by atoms with van der Waals surface area (Å²) >= 11 is 7.67. The number of thiophene rings is 1. The molecule has 1 amide bonds. The van der Waals surface area contributed by atoms with Gasteiger partial charge in [-0.1, -0.05) is 24.2 Å². The van der Waals surface area contributed by atoms with Crippen molar-refractivity contribution in [3.63, 3.8) is 0 Å². The number of nitriles is 1. The van der Waals surface area contributed by atoms with E-state index in [-0.39, 0.29) is 67.7 Å². The minimum atomic E-state index is -0.709. The Hall–Kier alpha value is -4.01. The van der Waals surface area contributed by atoms with Crippen LogP contribution in [0.25, 0.3) is 32.6 Å². The van der Waals surface area contributed by atoms with Gasteiger partial charge in [-0.25, -0.2) is 8.78 Å². The van der Waals surface area contributed by atoms with Crippen LogP contribution in [-0.2, 0) is 11.3 Å². The Bertz CT molecular complexity index is 1670. The number of nitrogen functional groups attached to an aromatic ring is 1. The Morgan fingerprint density at radius 3 is 2.89 bits per heavy atom. The molecule has 0 fully saturated rings. The first-order chi connectivity index (χ1) is 17.3. The van der Waals surface area contributed by atoms with E-state index >= 15 is 4.39 Å². The van der Waals surface area contributed by atoms with E-state index in [9.17, 15) is 14.4 Å². The number of hydrogen-bond acceptors (Lipinski definition) is 7. The fourth-order valence-corrected chi connectivity index (χ4v) is 6.14. The molecule has 12 heteroatoms. The van der Waals surface area contributed by atoms with Crippen molar-refractivity contribution in [2.24, 2.45) is 0 Å². The number of ether oxygens (including phenoxy) is 1. The molecule has 2 N–H and O–H groups in total. The van der Waals surface area contributed by atoms with Crippen LogP contribution in [0.2, 0.25) is 5.02 Å². The minimum absolute atomic E-state index is 0.0437. The summed E-state index contributed by atoms with van der Waals surface area (Å²) in [6.45, 7) is 4.20. The summed E-state index contributed by atoms with van der Waals surface area (Å²) in [5, 5.41) is 18.4. The fourth-order valence-electron chi connectivity index (χ4n) is 4.84. The molecule has 2 aliphatic rings. The molecule has 2 aromatic heterocycles. The maximum atomic E-state index is 15.8. The summed E-state index contributed by atoms with van der Waals surface area (Å²) in [7, 11) is 0. The number of halogens is 3. The SMILES string of the molecule is C=CC(=O)N1Cc2nnc3n2C(COc2c-3cc(F)c(-c3ccc(F)c4sc(N)c(C#N)c34)c2Cl)C1. The van der Waals surface area contributed by atoms with Crippen molar-refractivity contribution < 1.29 is 18.3 Å². The van der Waals surface area contributed by atoms with Crippen LogP contribution in [0.15, 0.2) is 30.9 Å². The summed E-state index contributed by atoms with van der Waals surface area (Å²) in [5.74, 6) is -0.460. The number of carbonyl (C=O) groups excluding carboxylic acids is 1. The molecule has 1 atom stereocenters. The molecule has 0 spiro atoms. The zero-order chi connectivity index (χ0) is 25.3. The fraction of sp³-hybridized carbons (Fsp3) is 0.167. The Kier molecular flexibility index (Phi) is 5.00. The van der Waals surface area contributed by atoms with Crippen molar-refractivity contribution in [1.82, 2.24) is 19.7 Å². The molecule has 180 valence electrons. The molecular formula is C24H15ClF2N6O2S. The highest BCUT2D eigenvalue weighted by Gasteiger charge is 2.36. The standard InChI is InChI=1S/C24H15ClF2N6O2S/c1-2-17(34)32-7-10-9-35-21-12(24-31-30-16(8-32)33(10)24)5-15(27)19(20(21)25)11-3-4-14(26)22-18(11)13(6-28)23(29)36-22/h2-5,10H,1,7-9,29H2. The van der Waals surface area contributed by atoms with Crippen molar-refractivity contribution >= 4 is 43.9 Å². The highest BCUT2D eigenvalue weighted by atomic mass is 35.5. The van der Waals surface area contributed by atoms with Crippen LogP contribution in [0.1, 0.15) is 17.4 Å². The predicted molar refractivity (Wildman–Crippen MR) is 130 cm³/mol. The molecule has 0 aliphatic carbocycles. The first-order valence-electron chi connectivity index (χ1n) is 10.7. The Morgan fingerprint density at radius 2 is 2.14 bits per heavy atom. The Balaban J connectivity index is 1.55. The zero-order valence-corrected chi connectivity index (χ0v) is 20.0. The largest absolute Gasteiger partial charge is 0.489 e. The van der Waals surface area contributed by atoms with Crippen molar-refractivity contribution in [3.05, 3.63) is 58.9 Å². The molecule has 36 heavy (non-hydrogen) atoms. The average molecular weight is 525 g/mol. The third-order valence-corrected chi connectivity index (χ3v) is 7.80. The lowest BCUT2D eigenvalue weighted by Crippen LogP contribution is -2.42. The first-order valence-corrected chi connectivity index (χ1v) is 11.9. The molecule has 4 heterocycles. The Labute approximate surface area is 211 Å². The highest BCUT2D eigenvalue weighted by Crippen LogP contribution is 2.49. The van der Waals surface area contributed by atoms with Gasteiger partial charge in [0.15, 0.2) is 11.6 Å². The van der Waals surface area contributed by atoms with Gasteiger partial charge in [0, 0.05) is 17.5 Å². The molecule has 2 aliphatic heterocycles. The van der Waals surface area contributed by atoms with Crippen molar-refractivity contribution in [2.75, 3.05) is 18.9 Å². The predicted octanol–water partition coefficient (Wildman–Crippen LogP) is 4.67. The van der Waals surface area contributed by atoms with Gasteiger partial charge in [0.2, 0.25) is 5.91 Å². The van der Waals surface area contributed by atoms with Gasteiger partial charge in [-0.2, -0.15) is 5.26 Å². The summed E-state index contributed by atoms with van der Waals surface area (Å²) in [4.78, 5) is 13.8. The second-order valence-electron chi connectivity index (χ2n) is 8.37. The Morgan fingerprint density at radius 1 is 1.33 bits per heavy atom. The number of carbonyl (C=O) groups is 1. The van der Waals surface area contributed by atoms with Gasteiger partial charge in [-0.15, -0.1) is 21.5 Å². The van der Waals surface area contributed by atoms with E-state index in [0.717, 1.165) is 11.3 Å². The lowest BCUT2D eigenvalue weighted by atomic mass is 9.96. The maximum absolute atomic E-state index is 15.8. The number of hydrogen-bond donors (Lipinski definition) is 1. The molecule has 2 aromatic carbocycles. The van der Waals surface area contributed by atoms with Crippen molar-refractivity contribution in [2.45, 2.75) is 12.6 Å². The average Bonchev–Trinajstić information content (AvgIpc) is 3.40. The molecule has 0 saturated heterocycles. The number of benzene rings is 2. The van der Waals surface area contributed by atoms with Crippen molar-refractivity contribution in [3.8, 4) is 34.3 Å². The molecule has 0 saturated carbocycles. The van der Waals surface area contributed by atoms with Crippen LogP contribution < -0.4 is 10.5 Å². The van der Waals surface area contributed by atoms with Gasteiger partial charge in [-0.05, 0) is 23.8 Å². The smallest absolute Gasteiger partial charge is 0.246 e. The molecule has 4 aromatic rings. The topological polar surface area (TPSA) is 110 Å². The van der Waals surface area contributed by atoms with E-state index in [1.807, 2.05) is 10.6 Å². The van der Waals surface area contributed by atoms with E-state index in [1.54, 1.807) is 4.90 Å². The number of anilines is 1. The summed E-state index contributed by atoms with van der Waals surface area (Å²) < 4.78 is 38.4. The van der Waals surface area contributed by atoms with Gasteiger partial charge >= 0.3 is 0 Å². The van der Waals surface area contributed by atoms with E-state index in [0.29, 0.717) is 23.8 Å². The van der Waals surface area contributed by atoms with E-state index in [1.165, 1.54) is 24.3 Å². The number of nitrogens with two attached hydrogens (primary N) is 1. The highest BCUT2D eigenvalue weighted by molar-refractivity contribution is 7.23. The van der Waals surface area contributed by atoms with E-state index in [4.69, 9.17) is 22.1 Å². The van der Waals surface area contributed by atoms with Crippen LogP contribution in [0.4, 0.5) is 13.8 Å². The molecule has 1 unspecified atom stereocenters. The monoisotopic (exact) mass is 524 g/mol. The van der Waals surface area contributed by atoms with E-state index < -0.39 is 11.6 Å². The third kappa shape index (κ3) is 3.04. The van der Waals surface area contributed by atoms with Gasteiger partial charge < -0.3 is 19.9 Å². The second-order valence-corrected chi connectivity index (χ2v) is 9.80. The summed E-state index contributed by atoms with van der Waals surface area (Å²) in [6, 6.07) is 5.44. The molecule has 6 rings (SSSR count). The van der Waals surface area contributed by atoms with Crippen LogP contribution in [0, 0.1) is 23.0 Å². The summed E-state index contributed by atoms with van der Waals surface area (Å²) in [6.07, 6.45) is 1.23. The number of amides is 1. The second kappa shape index (κ2) is 8.01. The van der Waals surface area contributed by atoms with Gasteiger partial charge in [-0.3, -0.25) is 4.79 Å². The number of rotatable bonds is 2. The molecule has 8 nitrogen and oxygen atoms in total. The molecule has 0 bridgehead atoms. The normalized spacial score (nSPS) is 16.1. The minimum Gasteiger partial charge on any atom is -0.489 e. The number of aromatic nitrogens is 3. The lowest BCUT2D eigenvalue weighted by molar-refractivity contribution is -0.128. The van der Waals surface area contributed by atoms with Crippen LogP contribution >= 0.6 is 22.9 Å². The lowest BCUT2D eigenvalue weighted by Gasteiger charge is -2.32. The van der Waals surface area contributed by atoms with Crippen LogP contribution in [-0.4, -0.2) is 38.7 Å². The van der Waals surface area contributed by atoms with Gasteiger partial charge in [0.1, 0.15) is 35.1 Å². The van der Waals surface area contributed by atoms with Gasteiger partial charge in [0.05, 0.1) is 33.4 Å². The first kappa shape index (κ1) is 22.5. The van der Waals surface area contributed by atoms with Crippen molar-refractivity contribution in [1.29, 1.82) is 5.26 Å². The number of fused-ring (bicyclic) bond motifs is 3. The number of nitrogens with zero attached hydrogens (tertiary/aromatic N) is 5. The van der Waals surface area contributed by atoms with Crippen LogP contribution in [0.3, 0.4) is 0 Å². The van der Waals surface area contributed by atoms with Gasteiger partial charge in [0.25, 0.3) is 0 Å². The summed E-state index contributed by atoms with van der Waals surface area (Å²) in [5.41, 5.74) is 6.48. The molecular weight excluding hydrogens is 510 g/mol. The van der Waals surface area contributed by atoms with Crippen LogP contribution in [0.5, 0.6) is 5.75 Å². The quantitative estimate of drug-likeness (QED) is 0.381. The maximum Gasteiger partial charge on any atom is 0.246 e.